The van der Waals surface area contributed by atoms with E-state index >= 15 is 0 Å². The quantitative estimate of drug-likeness (QED) is 0.720. The predicted molar refractivity (Wildman–Crippen MR) is 65.0 cm³/mol. The van der Waals surface area contributed by atoms with Crippen molar-refractivity contribution in [1.82, 2.24) is 4.98 Å². The van der Waals surface area contributed by atoms with Crippen LogP contribution in [0.2, 0.25) is 5.02 Å². The van der Waals surface area contributed by atoms with Gasteiger partial charge in [0.15, 0.2) is 0 Å². The SMILES string of the molecule is FC(F)(F)c1cc(-c2sccc2Cl)[nH]c(=S)c1. The molecule has 0 fully saturated rings. The highest BCUT2D eigenvalue weighted by molar-refractivity contribution is 7.71. The predicted octanol–water partition coefficient (Wildman–Crippen LogP) is 5.14. The third kappa shape index (κ3) is 2.70. The number of alkyl halides is 3. The van der Waals surface area contributed by atoms with Crippen molar-refractivity contribution in [2.75, 3.05) is 0 Å². The summed E-state index contributed by atoms with van der Waals surface area (Å²) in [6, 6.07) is 3.52. The van der Waals surface area contributed by atoms with Gasteiger partial charge in [0.05, 0.1) is 21.2 Å². The fourth-order valence-corrected chi connectivity index (χ4v) is 2.68. The van der Waals surface area contributed by atoms with Crippen LogP contribution in [-0.4, -0.2) is 4.98 Å². The number of aromatic amines is 1. The molecule has 0 amide bonds. The van der Waals surface area contributed by atoms with E-state index in [0.717, 1.165) is 12.1 Å². The smallest absolute Gasteiger partial charge is 0.345 e. The zero-order chi connectivity index (χ0) is 12.6. The van der Waals surface area contributed by atoms with E-state index in [9.17, 15) is 13.2 Å². The molecular formula is C10H5ClF3NS2. The zero-order valence-corrected chi connectivity index (χ0v) is 10.5. The van der Waals surface area contributed by atoms with Crippen molar-refractivity contribution in [3.8, 4) is 10.6 Å². The third-order valence-corrected chi connectivity index (χ3v) is 3.63. The molecule has 1 nitrogen and oxygen atoms in total. The summed E-state index contributed by atoms with van der Waals surface area (Å²) in [7, 11) is 0. The molecule has 2 rings (SSSR count). The first-order chi connectivity index (χ1) is 7.88. The van der Waals surface area contributed by atoms with Crippen molar-refractivity contribution in [3.63, 3.8) is 0 Å². The van der Waals surface area contributed by atoms with Crippen molar-refractivity contribution < 1.29 is 13.2 Å². The van der Waals surface area contributed by atoms with Gasteiger partial charge in [0.1, 0.15) is 4.64 Å². The number of H-pyrrole nitrogens is 1. The molecule has 0 bridgehead atoms. The van der Waals surface area contributed by atoms with Crippen molar-refractivity contribution in [2.45, 2.75) is 6.18 Å². The summed E-state index contributed by atoms with van der Waals surface area (Å²) >= 11 is 11.9. The van der Waals surface area contributed by atoms with Crippen LogP contribution in [-0.2, 0) is 6.18 Å². The molecule has 0 aliphatic carbocycles. The fraction of sp³-hybridized carbons (Fsp3) is 0.100. The Morgan fingerprint density at radius 1 is 1.29 bits per heavy atom. The van der Waals surface area contributed by atoms with Crippen molar-refractivity contribution in [3.05, 3.63) is 38.8 Å². The summed E-state index contributed by atoms with van der Waals surface area (Å²) in [4.78, 5) is 3.25. The lowest BCUT2D eigenvalue weighted by Gasteiger charge is -2.08. The first kappa shape index (κ1) is 12.6. The van der Waals surface area contributed by atoms with Gasteiger partial charge in [-0.05, 0) is 23.6 Å². The average Bonchev–Trinajstić information content (AvgIpc) is 2.62. The molecular weight excluding hydrogens is 291 g/mol. The molecule has 0 unspecified atom stereocenters. The molecule has 0 saturated heterocycles. The Morgan fingerprint density at radius 2 is 2.00 bits per heavy atom. The molecule has 0 saturated carbocycles. The van der Waals surface area contributed by atoms with Crippen LogP contribution in [0.3, 0.4) is 0 Å². The van der Waals surface area contributed by atoms with Gasteiger partial charge in [0, 0.05) is 0 Å². The second-order valence-electron chi connectivity index (χ2n) is 3.24. The van der Waals surface area contributed by atoms with Gasteiger partial charge in [0.25, 0.3) is 0 Å². The Balaban J connectivity index is 2.61. The number of nitrogens with one attached hydrogen (secondary N) is 1. The van der Waals surface area contributed by atoms with Crippen LogP contribution in [0.4, 0.5) is 13.2 Å². The highest BCUT2D eigenvalue weighted by Crippen LogP contribution is 2.35. The van der Waals surface area contributed by atoms with E-state index in [1.807, 2.05) is 0 Å². The van der Waals surface area contributed by atoms with Gasteiger partial charge in [-0.3, -0.25) is 0 Å². The normalized spacial score (nSPS) is 11.8. The van der Waals surface area contributed by atoms with Gasteiger partial charge in [-0.25, -0.2) is 0 Å². The van der Waals surface area contributed by atoms with E-state index in [1.165, 1.54) is 11.3 Å². The highest BCUT2D eigenvalue weighted by Gasteiger charge is 2.31. The summed E-state index contributed by atoms with van der Waals surface area (Å²) < 4.78 is 37.8. The van der Waals surface area contributed by atoms with E-state index < -0.39 is 11.7 Å². The molecule has 2 heterocycles. The first-order valence-electron chi connectivity index (χ1n) is 4.43. The summed E-state index contributed by atoms with van der Waals surface area (Å²) in [5, 5.41) is 2.11. The van der Waals surface area contributed by atoms with Crippen molar-refractivity contribution in [2.24, 2.45) is 0 Å². The minimum absolute atomic E-state index is 0.0271. The Labute approximate surface area is 109 Å². The molecule has 0 radical (unpaired) electrons. The van der Waals surface area contributed by atoms with E-state index in [0.29, 0.717) is 9.90 Å². The molecule has 0 aromatic carbocycles. The molecule has 1 N–H and O–H groups in total. The fourth-order valence-electron chi connectivity index (χ4n) is 1.32. The molecule has 0 aliphatic heterocycles. The molecule has 2 aromatic rings. The van der Waals surface area contributed by atoms with Crippen LogP contribution in [0.15, 0.2) is 23.6 Å². The Kier molecular flexibility index (Phi) is 3.29. The lowest BCUT2D eigenvalue weighted by atomic mass is 10.2. The Hall–Kier alpha value is -0.850. The Morgan fingerprint density at radius 3 is 2.53 bits per heavy atom. The van der Waals surface area contributed by atoms with Crippen LogP contribution in [0, 0.1) is 4.64 Å². The summed E-state index contributed by atoms with van der Waals surface area (Å²) in [5.41, 5.74) is -0.495. The monoisotopic (exact) mass is 295 g/mol. The number of halogens is 4. The van der Waals surface area contributed by atoms with Gasteiger partial charge in [-0.2, -0.15) is 13.2 Å². The number of hydrogen-bond acceptors (Lipinski definition) is 2. The molecule has 0 spiro atoms. The van der Waals surface area contributed by atoms with Crippen molar-refractivity contribution >= 4 is 35.2 Å². The van der Waals surface area contributed by atoms with Crippen LogP contribution < -0.4 is 0 Å². The van der Waals surface area contributed by atoms with Crippen LogP contribution in [0.25, 0.3) is 10.6 Å². The maximum absolute atomic E-state index is 12.6. The maximum atomic E-state index is 12.6. The van der Waals surface area contributed by atoms with Crippen LogP contribution in [0.1, 0.15) is 5.56 Å². The summed E-state index contributed by atoms with van der Waals surface area (Å²) in [5.74, 6) is 0. The number of thiophene rings is 1. The molecule has 0 atom stereocenters. The number of pyridine rings is 1. The van der Waals surface area contributed by atoms with E-state index in [2.05, 4.69) is 4.98 Å². The zero-order valence-electron chi connectivity index (χ0n) is 8.14. The standard InChI is InChI=1S/C10H5ClF3NS2/c11-6-1-2-17-9(6)7-3-5(10(12,13)14)4-8(16)15-7/h1-4H,(H,15,16). The van der Waals surface area contributed by atoms with Crippen LogP contribution in [0.5, 0.6) is 0 Å². The molecule has 2 aromatic heterocycles. The number of aromatic nitrogens is 1. The lowest BCUT2D eigenvalue weighted by Crippen LogP contribution is -2.05. The van der Waals surface area contributed by atoms with Gasteiger partial charge in [0.2, 0.25) is 0 Å². The number of hydrogen-bond donors (Lipinski definition) is 1. The van der Waals surface area contributed by atoms with Crippen LogP contribution >= 0.6 is 35.2 Å². The lowest BCUT2D eigenvalue weighted by molar-refractivity contribution is -0.137. The van der Waals surface area contributed by atoms with E-state index in [-0.39, 0.29) is 10.3 Å². The number of rotatable bonds is 1. The van der Waals surface area contributed by atoms with Gasteiger partial charge >= 0.3 is 6.18 Å². The minimum atomic E-state index is -4.42. The Bertz CT molecular complexity index is 600. The molecule has 0 aliphatic rings. The molecule has 17 heavy (non-hydrogen) atoms. The van der Waals surface area contributed by atoms with Gasteiger partial charge < -0.3 is 4.98 Å². The average molecular weight is 296 g/mol. The topological polar surface area (TPSA) is 15.8 Å². The van der Waals surface area contributed by atoms with Crippen molar-refractivity contribution in [1.29, 1.82) is 0 Å². The summed E-state index contributed by atoms with van der Waals surface area (Å²) in [6.07, 6.45) is -4.42. The molecule has 7 heteroatoms. The van der Waals surface area contributed by atoms with E-state index in [4.69, 9.17) is 23.8 Å². The maximum Gasteiger partial charge on any atom is 0.416 e. The second-order valence-corrected chi connectivity index (χ2v) is 5.01. The largest absolute Gasteiger partial charge is 0.416 e. The first-order valence-corrected chi connectivity index (χ1v) is 6.09. The van der Waals surface area contributed by atoms with Gasteiger partial charge in [-0.1, -0.05) is 23.8 Å². The highest BCUT2D eigenvalue weighted by atomic mass is 35.5. The third-order valence-electron chi connectivity index (χ3n) is 2.03. The van der Waals surface area contributed by atoms with E-state index in [1.54, 1.807) is 11.4 Å². The minimum Gasteiger partial charge on any atom is -0.345 e. The summed E-state index contributed by atoms with van der Waals surface area (Å²) in [6.45, 7) is 0. The second kappa shape index (κ2) is 4.44. The van der Waals surface area contributed by atoms with Gasteiger partial charge in [-0.15, -0.1) is 11.3 Å². The molecule has 90 valence electrons.